The summed E-state index contributed by atoms with van der Waals surface area (Å²) in [5.41, 5.74) is 8.07. The van der Waals surface area contributed by atoms with Crippen LogP contribution in [-0.2, 0) is 12.8 Å². The van der Waals surface area contributed by atoms with Crippen LogP contribution in [0.3, 0.4) is 0 Å². The third kappa shape index (κ3) is 1.80. The number of nitrogens with two attached hydrogens (primary N) is 1. The van der Waals surface area contributed by atoms with Crippen LogP contribution in [0.4, 0.5) is 0 Å². The largest absolute Gasteiger partial charge is 0.432 e. The van der Waals surface area contributed by atoms with E-state index in [2.05, 4.69) is 18.3 Å². The first-order chi connectivity index (χ1) is 6.25. The zero-order valence-electron chi connectivity index (χ0n) is 7.25. The summed E-state index contributed by atoms with van der Waals surface area (Å²) in [6.07, 6.45) is 3.57. The van der Waals surface area contributed by atoms with Gasteiger partial charge in [0.15, 0.2) is 0 Å². The summed E-state index contributed by atoms with van der Waals surface area (Å²) < 4.78 is 5.15. The van der Waals surface area contributed by atoms with E-state index in [9.17, 15) is 0 Å². The van der Waals surface area contributed by atoms with Crippen LogP contribution in [0.15, 0.2) is 18.2 Å². The van der Waals surface area contributed by atoms with Gasteiger partial charge in [0.2, 0.25) is 0 Å². The molecule has 0 saturated heterocycles. The molecule has 2 nitrogen and oxygen atoms in total. The Morgan fingerprint density at radius 2 is 2.08 bits per heavy atom. The highest BCUT2D eigenvalue weighted by atomic mass is 32.1. The van der Waals surface area contributed by atoms with Gasteiger partial charge in [-0.1, -0.05) is 6.07 Å². The van der Waals surface area contributed by atoms with Gasteiger partial charge in [0.05, 0.1) is 0 Å². The Hall–Kier alpha value is -1.09. The molecule has 0 fully saturated rings. The number of hydrogen-bond acceptors (Lipinski definition) is 2. The Labute approximate surface area is 82.7 Å². The molecule has 0 saturated carbocycles. The second-order valence-electron chi connectivity index (χ2n) is 3.21. The molecule has 0 bridgehead atoms. The van der Waals surface area contributed by atoms with Gasteiger partial charge in [-0.05, 0) is 54.7 Å². The van der Waals surface area contributed by atoms with E-state index in [1.807, 2.05) is 12.1 Å². The molecule has 3 heteroatoms. The molecule has 2 rings (SSSR count). The smallest absolute Gasteiger partial charge is 0.259 e. The summed E-state index contributed by atoms with van der Waals surface area (Å²) in [6, 6.07) is 6.04. The van der Waals surface area contributed by atoms with Gasteiger partial charge in [0.1, 0.15) is 5.75 Å². The number of ether oxygens (including phenoxy) is 1. The minimum absolute atomic E-state index is 0.0814. The van der Waals surface area contributed by atoms with Crippen LogP contribution in [0.2, 0.25) is 0 Å². The number of fused-ring (bicyclic) bond motifs is 1. The minimum Gasteiger partial charge on any atom is -0.432 e. The second-order valence-corrected chi connectivity index (χ2v) is 3.61. The third-order valence-electron chi connectivity index (χ3n) is 2.29. The molecule has 1 aromatic carbocycles. The van der Waals surface area contributed by atoms with Crippen molar-refractivity contribution in [1.82, 2.24) is 0 Å². The number of benzene rings is 1. The normalized spacial score (nSPS) is 13.8. The molecule has 1 aliphatic rings. The van der Waals surface area contributed by atoms with E-state index >= 15 is 0 Å². The SMILES string of the molecule is NC(=S)Oc1ccc2c(c1)CCC2. The number of rotatable bonds is 1. The maximum Gasteiger partial charge on any atom is 0.259 e. The lowest BCUT2D eigenvalue weighted by molar-refractivity contribution is 0.556. The zero-order valence-corrected chi connectivity index (χ0v) is 8.06. The Morgan fingerprint density at radius 3 is 2.85 bits per heavy atom. The van der Waals surface area contributed by atoms with Gasteiger partial charge in [-0.25, -0.2) is 0 Å². The molecule has 0 unspecified atom stereocenters. The van der Waals surface area contributed by atoms with Gasteiger partial charge < -0.3 is 10.5 Å². The van der Waals surface area contributed by atoms with Crippen molar-refractivity contribution in [3.8, 4) is 5.75 Å². The molecule has 13 heavy (non-hydrogen) atoms. The van der Waals surface area contributed by atoms with Crippen LogP contribution in [0, 0.1) is 0 Å². The number of hydrogen-bond donors (Lipinski definition) is 1. The molecule has 0 radical (unpaired) electrons. The fraction of sp³-hybridized carbons (Fsp3) is 0.300. The highest BCUT2D eigenvalue weighted by Crippen LogP contribution is 2.25. The zero-order chi connectivity index (χ0) is 9.26. The number of aryl methyl sites for hydroxylation is 2. The van der Waals surface area contributed by atoms with E-state index < -0.39 is 0 Å². The van der Waals surface area contributed by atoms with E-state index in [0.717, 1.165) is 12.2 Å². The Balaban J connectivity index is 2.25. The summed E-state index contributed by atoms with van der Waals surface area (Å²) in [7, 11) is 0. The molecule has 0 heterocycles. The van der Waals surface area contributed by atoms with Crippen LogP contribution < -0.4 is 10.5 Å². The van der Waals surface area contributed by atoms with Crippen LogP contribution in [0.25, 0.3) is 0 Å². The Morgan fingerprint density at radius 1 is 1.31 bits per heavy atom. The molecule has 0 spiro atoms. The van der Waals surface area contributed by atoms with Crippen molar-refractivity contribution in [2.75, 3.05) is 0 Å². The van der Waals surface area contributed by atoms with E-state index in [1.165, 1.54) is 24.0 Å². The molecule has 0 amide bonds. The van der Waals surface area contributed by atoms with Crippen molar-refractivity contribution in [2.24, 2.45) is 5.73 Å². The topological polar surface area (TPSA) is 35.2 Å². The first kappa shape index (κ1) is 8.51. The molecule has 0 atom stereocenters. The van der Waals surface area contributed by atoms with Crippen LogP contribution in [-0.4, -0.2) is 5.17 Å². The van der Waals surface area contributed by atoms with Crippen molar-refractivity contribution in [3.05, 3.63) is 29.3 Å². The van der Waals surface area contributed by atoms with Crippen LogP contribution in [0.5, 0.6) is 5.75 Å². The van der Waals surface area contributed by atoms with Crippen molar-refractivity contribution in [1.29, 1.82) is 0 Å². The fourth-order valence-corrected chi connectivity index (χ4v) is 1.82. The first-order valence-electron chi connectivity index (χ1n) is 4.35. The first-order valence-corrected chi connectivity index (χ1v) is 4.75. The van der Waals surface area contributed by atoms with Gasteiger partial charge in [0.25, 0.3) is 5.17 Å². The van der Waals surface area contributed by atoms with Crippen molar-refractivity contribution in [3.63, 3.8) is 0 Å². The van der Waals surface area contributed by atoms with Gasteiger partial charge in [-0.2, -0.15) is 0 Å². The molecule has 0 aromatic heterocycles. The Kier molecular flexibility index (Phi) is 2.19. The van der Waals surface area contributed by atoms with E-state index in [4.69, 9.17) is 10.5 Å². The molecule has 1 aliphatic carbocycles. The molecular formula is C10H11NOS. The Bertz CT molecular complexity index is 349. The average molecular weight is 193 g/mol. The highest BCUT2D eigenvalue weighted by molar-refractivity contribution is 7.80. The van der Waals surface area contributed by atoms with Gasteiger partial charge in [0, 0.05) is 0 Å². The lowest BCUT2D eigenvalue weighted by atomic mass is 10.1. The summed E-state index contributed by atoms with van der Waals surface area (Å²) >= 11 is 4.66. The molecule has 2 N–H and O–H groups in total. The van der Waals surface area contributed by atoms with Crippen LogP contribution in [0.1, 0.15) is 17.5 Å². The number of thiocarbonyl (C=S) groups is 1. The van der Waals surface area contributed by atoms with Crippen LogP contribution >= 0.6 is 12.2 Å². The lowest BCUT2D eigenvalue weighted by Crippen LogP contribution is -2.15. The monoisotopic (exact) mass is 193 g/mol. The maximum absolute atomic E-state index is 5.28. The van der Waals surface area contributed by atoms with Gasteiger partial charge >= 0.3 is 0 Å². The lowest BCUT2D eigenvalue weighted by Gasteiger charge is -2.04. The standard InChI is InChI=1S/C10H11NOS/c11-10(13)12-9-5-4-7-2-1-3-8(7)6-9/h4-6H,1-3H2,(H2,11,13). The molecule has 1 aromatic rings. The van der Waals surface area contributed by atoms with Gasteiger partial charge in [-0.3, -0.25) is 0 Å². The fourth-order valence-electron chi connectivity index (χ4n) is 1.73. The van der Waals surface area contributed by atoms with Crippen molar-refractivity contribution < 1.29 is 4.74 Å². The van der Waals surface area contributed by atoms with Gasteiger partial charge in [-0.15, -0.1) is 0 Å². The van der Waals surface area contributed by atoms with Crippen molar-refractivity contribution >= 4 is 17.4 Å². The van der Waals surface area contributed by atoms with Crippen molar-refractivity contribution in [2.45, 2.75) is 19.3 Å². The van der Waals surface area contributed by atoms with E-state index in [1.54, 1.807) is 0 Å². The van der Waals surface area contributed by atoms with E-state index in [0.29, 0.717) is 0 Å². The molecule has 0 aliphatic heterocycles. The summed E-state index contributed by atoms with van der Waals surface area (Å²) in [6.45, 7) is 0. The second kappa shape index (κ2) is 3.34. The quantitative estimate of drug-likeness (QED) is 0.691. The highest BCUT2D eigenvalue weighted by Gasteiger charge is 2.11. The predicted molar refractivity (Wildman–Crippen MR) is 55.9 cm³/mol. The summed E-state index contributed by atoms with van der Waals surface area (Å²) in [4.78, 5) is 0. The van der Waals surface area contributed by atoms with E-state index in [-0.39, 0.29) is 5.17 Å². The molecule has 68 valence electrons. The summed E-state index contributed by atoms with van der Waals surface area (Å²) in [5, 5.41) is 0.0814. The molecular weight excluding hydrogens is 182 g/mol. The maximum atomic E-state index is 5.28. The summed E-state index contributed by atoms with van der Waals surface area (Å²) in [5.74, 6) is 0.758. The third-order valence-corrected chi connectivity index (χ3v) is 2.37. The predicted octanol–water partition coefficient (Wildman–Crippen LogP) is 1.80. The minimum atomic E-state index is 0.0814. The average Bonchev–Trinajstić information content (AvgIpc) is 2.49.